The van der Waals surface area contributed by atoms with Crippen LogP contribution in [-0.4, -0.2) is 30.1 Å². The lowest BCUT2D eigenvalue weighted by molar-refractivity contribution is 0.163. The van der Waals surface area contributed by atoms with Crippen molar-refractivity contribution >= 4 is 6.03 Å². The van der Waals surface area contributed by atoms with Crippen molar-refractivity contribution in [2.45, 2.75) is 19.9 Å². The minimum absolute atomic E-state index is 0.0266. The van der Waals surface area contributed by atoms with Gasteiger partial charge in [-0.1, -0.05) is 0 Å². The van der Waals surface area contributed by atoms with Crippen LogP contribution in [0.4, 0.5) is 4.79 Å². The van der Waals surface area contributed by atoms with Gasteiger partial charge in [0.25, 0.3) is 0 Å². The summed E-state index contributed by atoms with van der Waals surface area (Å²) in [6.07, 6.45) is 0. The highest BCUT2D eigenvalue weighted by Crippen LogP contribution is 1.98. The number of hydrogen-bond donors (Lipinski definition) is 2. The van der Waals surface area contributed by atoms with E-state index < -0.39 is 0 Å². The molecule has 0 aromatic heterocycles. The van der Waals surface area contributed by atoms with Crippen LogP contribution in [0.3, 0.4) is 0 Å². The first-order valence-corrected chi connectivity index (χ1v) is 3.51. The fraction of sp³-hybridized carbons (Fsp3) is 0.833. The Morgan fingerprint density at radius 3 is 2.70 bits per heavy atom. The third-order valence-electron chi connectivity index (χ3n) is 1.56. The van der Waals surface area contributed by atoms with Crippen molar-refractivity contribution in [2.24, 2.45) is 0 Å². The predicted octanol–water partition coefficient (Wildman–Crippen LogP) is -0.0754. The van der Waals surface area contributed by atoms with Crippen molar-refractivity contribution < 1.29 is 4.79 Å². The van der Waals surface area contributed by atoms with Gasteiger partial charge >= 0.3 is 6.03 Å². The van der Waals surface area contributed by atoms with Gasteiger partial charge < -0.3 is 4.90 Å². The smallest absolute Gasteiger partial charge is 0.320 e. The summed E-state index contributed by atoms with van der Waals surface area (Å²) in [7, 11) is 0. The lowest BCUT2D eigenvalue weighted by Crippen LogP contribution is -2.57. The molecule has 1 aliphatic rings. The van der Waals surface area contributed by atoms with Gasteiger partial charge in [0, 0.05) is 19.1 Å². The zero-order valence-electron chi connectivity index (χ0n) is 6.35. The molecule has 0 radical (unpaired) electrons. The Balaban J connectivity index is 2.48. The second kappa shape index (κ2) is 2.88. The normalized spacial score (nSPS) is 19.5. The average Bonchev–Trinajstić information content (AvgIpc) is 1.88. The Morgan fingerprint density at radius 2 is 2.30 bits per heavy atom. The number of amides is 2. The van der Waals surface area contributed by atoms with E-state index in [1.807, 2.05) is 13.8 Å². The zero-order chi connectivity index (χ0) is 7.56. The first-order valence-electron chi connectivity index (χ1n) is 3.51. The summed E-state index contributed by atoms with van der Waals surface area (Å²) in [4.78, 5) is 12.8. The predicted molar refractivity (Wildman–Crippen MR) is 38.4 cm³/mol. The van der Waals surface area contributed by atoms with E-state index >= 15 is 0 Å². The van der Waals surface area contributed by atoms with Crippen molar-refractivity contribution in [3.63, 3.8) is 0 Å². The molecule has 0 aromatic carbocycles. The van der Waals surface area contributed by atoms with Gasteiger partial charge in [-0.05, 0) is 13.8 Å². The first kappa shape index (κ1) is 7.34. The minimum atomic E-state index is -0.0266. The molecule has 58 valence electrons. The molecule has 10 heavy (non-hydrogen) atoms. The summed E-state index contributed by atoms with van der Waals surface area (Å²) < 4.78 is 0. The summed E-state index contributed by atoms with van der Waals surface area (Å²) in [5, 5.41) is 0. The van der Waals surface area contributed by atoms with Gasteiger partial charge in [-0.25, -0.2) is 10.2 Å². The highest BCUT2D eigenvalue weighted by atomic mass is 16.2. The summed E-state index contributed by atoms with van der Waals surface area (Å²) in [6.45, 7) is 5.63. The van der Waals surface area contributed by atoms with Crippen LogP contribution in [0.1, 0.15) is 13.8 Å². The number of nitrogens with one attached hydrogen (secondary N) is 2. The zero-order valence-corrected chi connectivity index (χ0v) is 6.35. The van der Waals surface area contributed by atoms with Gasteiger partial charge in [0.05, 0.1) is 0 Å². The maximum atomic E-state index is 11.0. The van der Waals surface area contributed by atoms with E-state index in [1.54, 1.807) is 4.90 Å². The van der Waals surface area contributed by atoms with Gasteiger partial charge in [0.15, 0.2) is 0 Å². The highest BCUT2D eigenvalue weighted by molar-refractivity contribution is 5.74. The summed E-state index contributed by atoms with van der Waals surface area (Å²) in [5.74, 6) is 0. The molecule has 2 amide bonds. The Hall–Kier alpha value is -0.770. The van der Waals surface area contributed by atoms with Crippen LogP contribution >= 0.6 is 0 Å². The van der Waals surface area contributed by atoms with Crippen molar-refractivity contribution in [1.82, 2.24) is 15.8 Å². The average molecular weight is 143 g/mol. The quantitative estimate of drug-likeness (QED) is 0.539. The molecule has 1 aliphatic heterocycles. The molecule has 0 atom stereocenters. The molecule has 1 saturated heterocycles. The summed E-state index contributed by atoms with van der Waals surface area (Å²) in [6, 6.07) is 0.267. The monoisotopic (exact) mass is 143 g/mol. The molecule has 0 saturated carbocycles. The molecule has 2 N–H and O–H groups in total. The molecule has 0 bridgehead atoms. The molecular weight excluding hydrogens is 130 g/mol. The number of carbonyl (C=O) groups is 1. The Bertz CT molecular complexity index is 135. The number of nitrogens with zero attached hydrogens (tertiary/aromatic N) is 1. The van der Waals surface area contributed by atoms with Crippen molar-refractivity contribution in [3.8, 4) is 0 Å². The molecule has 0 aromatic rings. The number of hydrazine groups is 1. The number of urea groups is 1. The van der Waals surface area contributed by atoms with E-state index in [2.05, 4.69) is 10.9 Å². The Kier molecular flexibility index (Phi) is 2.11. The molecule has 4 nitrogen and oxygen atoms in total. The van der Waals surface area contributed by atoms with E-state index in [0.29, 0.717) is 6.04 Å². The fourth-order valence-corrected chi connectivity index (χ4v) is 0.981. The molecule has 0 spiro atoms. The van der Waals surface area contributed by atoms with Crippen LogP contribution in [0.25, 0.3) is 0 Å². The maximum absolute atomic E-state index is 11.0. The van der Waals surface area contributed by atoms with Gasteiger partial charge in [0.2, 0.25) is 0 Å². The summed E-state index contributed by atoms with van der Waals surface area (Å²) in [5.41, 5.74) is 5.33. The number of hydrogen-bond acceptors (Lipinski definition) is 2. The highest BCUT2D eigenvalue weighted by Gasteiger charge is 2.18. The lowest BCUT2D eigenvalue weighted by atomic mass is 10.3. The molecular formula is C6H13N3O. The van der Waals surface area contributed by atoms with Crippen molar-refractivity contribution in [1.29, 1.82) is 0 Å². The first-order chi connectivity index (χ1) is 4.72. The number of rotatable bonds is 1. The van der Waals surface area contributed by atoms with E-state index in [-0.39, 0.29) is 6.03 Å². The van der Waals surface area contributed by atoms with Crippen molar-refractivity contribution in [2.75, 3.05) is 13.1 Å². The van der Waals surface area contributed by atoms with Crippen LogP contribution in [0, 0.1) is 0 Å². The van der Waals surface area contributed by atoms with Crippen LogP contribution in [0.2, 0.25) is 0 Å². The van der Waals surface area contributed by atoms with Gasteiger partial charge in [0.1, 0.15) is 0 Å². The molecule has 1 rings (SSSR count). The van der Waals surface area contributed by atoms with Gasteiger partial charge in [-0.15, -0.1) is 0 Å². The van der Waals surface area contributed by atoms with E-state index in [9.17, 15) is 4.79 Å². The van der Waals surface area contributed by atoms with Gasteiger partial charge in [-0.3, -0.25) is 5.43 Å². The fourth-order valence-electron chi connectivity index (χ4n) is 0.981. The molecule has 1 fully saturated rings. The standard InChI is InChI=1S/C6H13N3O/c1-5(2)9-4-3-7-8-6(9)10/h5,7H,3-4H2,1-2H3,(H,8,10). The topological polar surface area (TPSA) is 44.4 Å². The molecule has 4 heteroatoms. The SMILES string of the molecule is CC(C)N1CCNNC1=O. The van der Waals surface area contributed by atoms with Crippen molar-refractivity contribution in [3.05, 3.63) is 0 Å². The molecule has 0 unspecified atom stereocenters. The maximum Gasteiger partial charge on any atom is 0.331 e. The van der Waals surface area contributed by atoms with Crippen LogP contribution < -0.4 is 10.9 Å². The number of carbonyl (C=O) groups excluding carboxylic acids is 1. The van der Waals surface area contributed by atoms with E-state index in [1.165, 1.54) is 0 Å². The molecule has 1 heterocycles. The largest absolute Gasteiger partial charge is 0.331 e. The Labute approximate surface area is 60.5 Å². The van der Waals surface area contributed by atoms with Gasteiger partial charge in [-0.2, -0.15) is 0 Å². The van der Waals surface area contributed by atoms with E-state index in [4.69, 9.17) is 0 Å². The third kappa shape index (κ3) is 1.39. The summed E-state index contributed by atoms with van der Waals surface area (Å²) >= 11 is 0. The van der Waals surface area contributed by atoms with Crippen LogP contribution in [0.5, 0.6) is 0 Å². The lowest BCUT2D eigenvalue weighted by Gasteiger charge is -2.30. The van der Waals surface area contributed by atoms with Crippen LogP contribution in [0.15, 0.2) is 0 Å². The minimum Gasteiger partial charge on any atom is -0.320 e. The second-order valence-corrected chi connectivity index (χ2v) is 2.64. The second-order valence-electron chi connectivity index (χ2n) is 2.64. The third-order valence-corrected chi connectivity index (χ3v) is 1.56. The van der Waals surface area contributed by atoms with Crippen LogP contribution in [-0.2, 0) is 0 Å². The Morgan fingerprint density at radius 1 is 1.60 bits per heavy atom. The molecule has 0 aliphatic carbocycles. The van der Waals surface area contributed by atoms with E-state index in [0.717, 1.165) is 13.1 Å².